The Morgan fingerprint density at radius 3 is 2.61 bits per heavy atom. The minimum atomic E-state index is -1.32. The average Bonchev–Trinajstić information content (AvgIpc) is 2.70. The van der Waals surface area contributed by atoms with E-state index in [2.05, 4.69) is 42.8 Å². The lowest BCUT2D eigenvalue weighted by Crippen LogP contribution is -2.37. The Bertz CT molecular complexity index is 581. The van der Waals surface area contributed by atoms with Crippen molar-refractivity contribution in [2.45, 2.75) is 26.6 Å². The lowest BCUT2D eigenvalue weighted by Gasteiger charge is -2.16. The van der Waals surface area contributed by atoms with Crippen molar-refractivity contribution in [1.29, 1.82) is 0 Å². The van der Waals surface area contributed by atoms with E-state index in [1.165, 1.54) is 5.19 Å². The highest BCUT2D eigenvalue weighted by Gasteiger charge is 2.17. The SMILES string of the molecule is CCOC(=O)c1cc2ccc([Si](C)(C)C)cc2[nH]1. The van der Waals surface area contributed by atoms with Crippen LogP contribution in [-0.4, -0.2) is 25.6 Å². The van der Waals surface area contributed by atoms with Crippen LogP contribution in [0.5, 0.6) is 0 Å². The Kier molecular flexibility index (Phi) is 3.30. The van der Waals surface area contributed by atoms with Crippen LogP contribution in [0.3, 0.4) is 0 Å². The summed E-state index contributed by atoms with van der Waals surface area (Å²) in [5.41, 5.74) is 1.54. The predicted molar refractivity (Wildman–Crippen MR) is 77.2 cm³/mol. The average molecular weight is 261 g/mol. The van der Waals surface area contributed by atoms with Crippen LogP contribution in [0, 0.1) is 0 Å². The minimum absolute atomic E-state index is 0.289. The van der Waals surface area contributed by atoms with Crippen molar-refractivity contribution in [2.75, 3.05) is 6.61 Å². The molecule has 1 aromatic heterocycles. The van der Waals surface area contributed by atoms with E-state index in [1.807, 2.05) is 13.0 Å². The number of hydrogen-bond donors (Lipinski definition) is 1. The first-order valence-corrected chi connectivity index (χ1v) is 9.72. The van der Waals surface area contributed by atoms with E-state index in [0.29, 0.717) is 12.3 Å². The number of rotatable bonds is 3. The number of benzene rings is 1. The number of hydrogen-bond acceptors (Lipinski definition) is 2. The Hall–Kier alpha value is -1.55. The molecule has 0 aliphatic rings. The van der Waals surface area contributed by atoms with Gasteiger partial charge in [-0.15, -0.1) is 0 Å². The van der Waals surface area contributed by atoms with Crippen LogP contribution in [0.2, 0.25) is 19.6 Å². The summed E-state index contributed by atoms with van der Waals surface area (Å²) in [6, 6.07) is 8.24. The molecule has 0 bridgehead atoms. The van der Waals surface area contributed by atoms with Gasteiger partial charge >= 0.3 is 5.97 Å². The maximum atomic E-state index is 11.7. The summed E-state index contributed by atoms with van der Waals surface area (Å²) in [6.07, 6.45) is 0. The molecule has 0 aliphatic heterocycles. The Morgan fingerprint density at radius 1 is 1.28 bits per heavy atom. The lowest BCUT2D eigenvalue weighted by atomic mass is 10.2. The van der Waals surface area contributed by atoms with Crippen molar-refractivity contribution in [3.05, 3.63) is 30.0 Å². The molecule has 0 amide bonds. The molecule has 1 heterocycles. The number of fused-ring (bicyclic) bond motifs is 1. The highest BCUT2D eigenvalue weighted by molar-refractivity contribution is 6.88. The summed E-state index contributed by atoms with van der Waals surface area (Å²) in [4.78, 5) is 14.8. The first kappa shape index (κ1) is 12.9. The van der Waals surface area contributed by atoms with Crippen LogP contribution in [0.1, 0.15) is 17.4 Å². The summed E-state index contributed by atoms with van der Waals surface area (Å²) >= 11 is 0. The molecular formula is C14H19NO2Si. The number of aromatic nitrogens is 1. The number of carbonyl (C=O) groups is 1. The summed E-state index contributed by atoms with van der Waals surface area (Å²) in [5, 5.41) is 2.44. The fourth-order valence-electron chi connectivity index (χ4n) is 1.91. The summed E-state index contributed by atoms with van der Waals surface area (Å²) < 4.78 is 4.99. The van der Waals surface area contributed by atoms with Gasteiger partial charge in [-0.3, -0.25) is 0 Å². The van der Waals surface area contributed by atoms with E-state index in [0.717, 1.165) is 10.9 Å². The van der Waals surface area contributed by atoms with Gasteiger partial charge in [-0.05, 0) is 19.1 Å². The summed E-state index contributed by atoms with van der Waals surface area (Å²) in [7, 11) is -1.32. The normalized spacial score (nSPS) is 11.8. The second kappa shape index (κ2) is 4.61. The monoisotopic (exact) mass is 261 g/mol. The van der Waals surface area contributed by atoms with Gasteiger partial charge in [-0.25, -0.2) is 4.79 Å². The molecule has 2 aromatic rings. The van der Waals surface area contributed by atoms with Gasteiger partial charge in [0.1, 0.15) is 5.69 Å². The number of carbonyl (C=O) groups excluding carboxylic acids is 1. The first-order valence-electron chi connectivity index (χ1n) is 6.22. The smallest absolute Gasteiger partial charge is 0.354 e. The largest absolute Gasteiger partial charge is 0.461 e. The molecule has 0 spiro atoms. The van der Waals surface area contributed by atoms with Gasteiger partial charge in [-0.2, -0.15) is 0 Å². The number of aromatic amines is 1. The van der Waals surface area contributed by atoms with Crippen molar-refractivity contribution in [1.82, 2.24) is 4.98 Å². The van der Waals surface area contributed by atoms with E-state index in [4.69, 9.17) is 4.74 Å². The predicted octanol–water partition coefficient (Wildman–Crippen LogP) is 2.89. The Morgan fingerprint density at radius 2 is 2.00 bits per heavy atom. The molecule has 0 radical (unpaired) electrons. The summed E-state index contributed by atoms with van der Waals surface area (Å²) in [6.45, 7) is 9.13. The second-order valence-corrected chi connectivity index (χ2v) is 10.5. The molecule has 0 saturated carbocycles. The van der Waals surface area contributed by atoms with Gasteiger partial charge in [0.25, 0.3) is 0 Å². The third kappa shape index (κ3) is 2.48. The molecule has 18 heavy (non-hydrogen) atoms. The molecule has 1 aromatic carbocycles. The van der Waals surface area contributed by atoms with Gasteiger partial charge in [0.2, 0.25) is 0 Å². The van der Waals surface area contributed by atoms with Gasteiger partial charge < -0.3 is 9.72 Å². The molecule has 0 aliphatic carbocycles. The molecule has 4 heteroatoms. The third-order valence-corrected chi connectivity index (χ3v) is 5.03. The topological polar surface area (TPSA) is 42.1 Å². The maximum absolute atomic E-state index is 11.7. The van der Waals surface area contributed by atoms with E-state index >= 15 is 0 Å². The first-order chi connectivity index (χ1) is 8.41. The molecule has 2 rings (SSSR count). The molecule has 1 N–H and O–H groups in total. The van der Waals surface area contributed by atoms with Crippen molar-refractivity contribution in [3.63, 3.8) is 0 Å². The summed E-state index contributed by atoms with van der Waals surface area (Å²) in [5.74, 6) is -0.289. The highest BCUT2D eigenvalue weighted by atomic mass is 28.3. The van der Waals surface area contributed by atoms with Crippen LogP contribution in [-0.2, 0) is 4.74 Å². The molecule has 0 unspecified atom stereocenters. The van der Waals surface area contributed by atoms with Crippen LogP contribution in [0.15, 0.2) is 24.3 Å². The van der Waals surface area contributed by atoms with Crippen molar-refractivity contribution in [2.24, 2.45) is 0 Å². The van der Waals surface area contributed by atoms with Crippen molar-refractivity contribution < 1.29 is 9.53 Å². The fourth-order valence-corrected chi connectivity index (χ4v) is 3.07. The Balaban J connectivity index is 2.43. The zero-order chi connectivity index (χ0) is 13.3. The maximum Gasteiger partial charge on any atom is 0.354 e. The van der Waals surface area contributed by atoms with Crippen LogP contribution in [0.4, 0.5) is 0 Å². The van der Waals surface area contributed by atoms with Crippen molar-refractivity contribution >= 4 is 30.1 Å². The minimum Gasteiger partial charge on any atom is -0.461 e. The van der Waals surface area contributed by atoms with Gasteiger partial charge in [0, 0.05) is 10.9 Å². The van der Waals surface area contributed by atoms with Gasteiger partial charge in [0.05, 0.1) is 14.7 Å². The standard InChI is InChI=1S/C14H19NO2Si/c1-5-17-14(16)13-8-10-6-7-11(18(2,3)4)9-12(10)15-13/h6-9,15H,5H2,1-4H3. The zero-order valence-corrected chi connectivity index (χ0v) is 12.3. The number of esters is 1. The number of nitrogens with one attached hydrogen (secondary N) is 1. The highest BCUT2D eigenvalue weighted by Crippen LogP contribution is 2.16. The van der Waals surface area contributed by atoms with Crippen LogP contribution in [0.25, 0.3) is 10.9 Å². The zero-order valence-electron chi connectivity index (χ0n) is 11.3. The number of ether oxygens (including phenoxy) is 1. The second-order valence-electron chi connectivity index (χ2n) is 5.46. The van der Waals surface area contributed by atoms with E-state index in [9.17, 15) is 4.79 Å². The van der Waals surface area contributed by atoms with Gasteiger partial charge in [0.15, 0.2) is 0 Å². The molecule has 0 atom stereocenters. The lowest BCUT2D eigenvalue weighted by molar-refractivity contribution is 0.0520. The van der Waals surface area contributed by atoms with E-state index < -0.39 is 8.07 Å². The van der Waals surface area contributed by atoms with Crippen LogP contribution >= 0.6 is 0 Å². The van der Waals surface area contributed by atoms with Gasteiger partial charge in [-0.1, -0.05) is 37.0 Å². The molecule has 3 nitrogen and oxygen atoms in total. The van der Waals surface area contributed by atoms with Crippen LogP contribution < -0.4 is 5.19 Å². The molecule has 0 saturated heterocycles. The molecule has 0 fully saturated rings. The molecular weight excluding hydrogens is 242 g/mol. The van der Waals surface area contributed by atoms with E-state index in [1.54, 1.807) is 0 Å². The van der Waals surface area contributed by atoms with Crippen molar-refractivity contribution in [3.8, 4) is 0 Å². The van der Waals surface area contributed by atoms with E-state index in [-0.39, 0.29) is 5.97 Å². The third-order valence-electron chi connectivity index (χ3n) is 2.98. The quantitative estimate of drug-likeness (QED) is 0.682. The Labute approximate surface area is 108 Å². The fraction of sp³-hybridized carbons (Fsp3) is 0.357. The molecule has 96 valence electrons. The number of H-pyrrole nitrogens is 1.